The zero-order valence-corrected chi connectivity index (χ0v) is 12.8. The maximum absolute atomic E-state index is 11.5. The molecular formula is C15H19N7O. The smallest absolute Gasteiger partial charge is 0.222 e. The Balaban J connectivity index is 1.47. The number of likely N-dealkylation sites (tertiary alicyclic amines) is 1. The zero-order chi connectivity index (χ0) is 15.9. The van der Waals surface area contributed by atoms with Gasteiger partial charge in [-0.15, -0.1) is 0 Å². The van der Waals surface area contributed by atoms with Crippen LogP contribution in [0.5, 0.6) is 0 Å². The second-order valence-corrected chi connectivity index (χ2v) is 5.27. The van der Waals surface area contributed by atoms with E-state index in [1.165, 1.54) is 12.7 Å². The number of anilines is 3. The van der Waals surface area contributed by atoms with Crippen LogP contribution in [0.4, 0.5) is 17.5 Å². The van der Waals surface area contributed by atoms with Crippen LogP contribution in [0.25, 0.3) is 0 Å². The van der Waals surface area contributed by atoms with Gasteiger partial charge in [0.25, 0.3) is 0 Å². The van der Waals surface area contributed by atoms with Gasteiger partial charge in [0.05, 0.1) is 0 Å². The Morgan fingerprint density at radius 3 is 2.78 bits per heavy atom. The SMILES string of the molecule is O=C1CCCN1CCCNc1cc(Nc2ccncn2)ncn1. The summed E-state index contributed by atoms with van der Waals surface area (Å²) in [5.74, 6) is 2.35. The molecule has 0 radical (unpaired) electrons. The van der Waals surface area contributed by atoms with Crippen molar-refractivity contribution in [1.82, 2.24) is 24.8 Å². The highest BCUT2D eigenvalue weighted by Crippen LogP contribution is 2.14. The summed E-state index contributed by atoms with van der Waals surface area (Å²) in [5.41, 5.74) is 0. The van der Waals surface area contributed by atoms with Gasteiger partial charge >= 0.3 is 0 Å². The maximum Gasteiger partial charge on any atom is 0.222 e. The average molecular weight is 313 g/mol. The van der Waals surface area contributed by atoms with Crippen molar-refractivity contribution in [2.24, 2.45) is 0 Å². The lowest BCUT2D eigenvalue weighted by Gasteiger charge is -2.15. The summed E-state index contributed by atoms with van der Waals surface area (Å²) < 4.78 is 0. The molecule has 3 rings (SSSR count). The zero-order valence-electron chi connectivity index (χ0n) is 12.8. The molecule has 1 fully saturated rings. The molecular weight excluding hydrogens is 294 g/mol. The molecule has 0 aromatic carbocycles. The van der Waals surface area contributed by atoms with E-state index < -0.39 is 0 Å². The van der Waals surface area contributed by atoms with E-state index in [0.29, 0.717) is 18.1 Å². The molecule has 0 spiro atoms. The van der Waals surface area contributed by atoms with Crippen molar-refractivity contribution in [3.05, 3.63) is 31.0 Å². The highest BCUT2D eigenvalue weighted by atomic mass is 16.2. The number of hydrogen-bond acceptors (Lipinski definition) is 7. The molecule has 23 heavy (non-hydrogen) atoms. The molecule has 0 unspecified atom stereocenters. The van der Waals surface area contributed by atoms with Gasteiger partial charge in [0.1, 0.15) is 30.1 Å². The van der Waals surface area contributed by atoms with E-state index in [9.17, 15) is 4.79 Å². The van der Waals surface area contributed by atoms with Gasteiger partial charge in [-0.25, -0.2) is 19.9 Å². The van der Waals surface area contributed by atoms with Crippen molar-refractivity contribution in [3.63, 3.8) is 0 Å². The quantitative estimate of drug-likeness (QED) is 0.746. The van der Waals surface area contributed by atoms with Gasteiger partial charge in [0.15, 0.2) is 0 Å². The predicted molar refractivity (Wildman–Crippen MR) is 86.3 cm³/mol. The summed E-state index contributed by atoms with van der Waals surface area (Å²) in [4.78, 5) is 29.8. The van der Waals surface area contributed by atoms with Crippen LogP contribution in [0.3, 0.4) is 0 Å². The van der Waals surface area contributed by atoms with E-state index in [4.69, 9.17) is 0 Å². The number of hydrogen-bond donors (Lipinski definition) is 2. The molecule has 2 N–H and O–H groups in total. The lowest BCUT2D eigenvalue weighted by atomic mass is 10.3. The van der Waals surface area contributed by atoms with Crippen molar-refractivity contribution < 1.29 is 4.79 Å². The topological polar surface area (TPSA) is 95.9 Å². The molecule has 0 aliphatic carbocycles. The standard InChI is InChI=1S/C15H19N7O/c23-15-3-1-7-22(15)8-2-5-17-13-9-14(20-11-19-13)21-12-4-6-16-10-18-12/h4,6,9-11H,1-3,5,7-8H2,(H2,16,17,18,19,20,21). The number of amides is 1. The third kappa shape index (κ3) is 4.35. The molecule has 8 nitrogen and oxygen atoms in total. The van der Waals surface area contributed by atoms with Crippen molar-refractivity contribution in [2.75, 3.05) is 30.3 Å². The van der Waals surface area contributed by atoms with Crippen LogP contribution in [0.1, 0.15) is 19.3 Å². The second-order valence-electron chi connectivity index (χ2n) is 5.27. The minimum absolute atomic E-state index is 0.267. The Morgan fingerprint density at radius 1 is 1.13 bits per heavy atom. The third-order valence-corrected chi connectivity index (χ3v) is 3.59. The normalized spacial score (nSPS) is 14.1. The fraction of sp³-hybridized carbons (Fsp3) is 0.400. The molecule has 2 aromatic heterocycles. The molecule has 1 aliphatic heterocycles. The van der Waals surface area contributed by atoms with Crippen LogP contribution in [-0.4, -0.2) is 50.4 Å². The van der Waals surface area contributed by atoms with Crippen LogP contribution < -0.4 is 10.6 Å². The molecule has 120 valence electrons. The number of rotatable bonds is 7. The predicted octanol–water partition coefficient (Wildman–Crippen LogP) is 1.43. The number of carbonyl (C=O) groups excluding carboxylic acids is 1. The first-order chi connectivity index (χ1) is 11.3. The Morgan fingerprint density at radius 2 is 2.00 bits per heavy atom. The minimum atomic E-state index is 0.267. The number of aromatic nitrogens is 4. The highest BCUT2D eigenvalue weighted by molar-refractivity contribution is 5.78. The fourth-order valence-corrected chi connectivity index (χ4v) is 2.45. The van der Waals surface area contributed by atoms with Crippen LogP contribution in [0.2, 0.25) is 0 Å². The number of carbonyl (C=O) groups is 1. The van der Waals surface area contributed by atoms with Gasteiger partial charge in [-0.2, -0.15) is 0 Å². The number of nitrogens with one attached hydrogen (secondary N) is 2. The van der Waals surface area contributed by atoms with Gasteiger partial charge in [0.2, 0.25) is 5.91 Å². The Bertz CT molecular complexity index is 649. The number of nitrogens with zero attached hydrogens (tertiary/aromatic N) is 5. The van der Waals surface area contributed by atoms with E-state index in [1.807, 2.05) is 11.0 Å². The van der Waals surface area contributed by atoms with Crippen molar-refractivity contribution in [3.8, 4) is 0 Å². The lowest BCUT2D eigenvalue weighted by molar-refractivity contribution is -0.127. The van der Waals surface area contributed by atoms with E-state index in [0.717, 1.165) is 38.3 Å². The van der Waals surface area contributed by atoms with Crippen LogP contribution >= 0.6 is 0 Å². The summed E-state index contributed by atoms with van der Waals surface area (Å²) in [6.07, 6.45) is 7.20. The van der Waals surface area contributed by atoms with Crippen LogP contribution in [0, 0.1) is 0 Å². The molecule has 0 bridgehead atoms. The Hall–Kier alpha value is -2.77. The van der Waals surface area contributed by atoms with Gasteiger partial charge < -0.3 is 15.5 Å². The summed E-state index contributed by atoms with van der Waals surface area (Å²) in [6.45, 7) is 2.44. The summed E-state index contributed by atoms with van der Waals surface area (Å²) >= 11 is 0. The van der Waals surface area contributed by atoms with E-state index >= 15 is 0 Å². The van der Waals surface area contributed by atoms with Crippen molar-refractivity contribution in [1.29, 1.82) is 0 Å². The highest BCUT2D eigenvalue weighted by Gasteiger charge is 2.18. The Kier molecular flexibility index (Phi) is 4.92. The molecule has 2 aromatic rings. The molecule has 8 heteroatoms. The van der Waals surface area contributed by atoms with Gasteiger partial charge in [0, 0.05) is 38.3 Å². The molecule has 1 aliphatic rings. The van der Waals surface area contributed by atoms with E-state index in [2.05, 4.69) is 30.6 Å². The van der Waals surface area contributed by atoms with Gasteiger partial charge in [-0.1, -0.05) is 0 Å². The molecule has 1 saturated heterocycles. The first-order valence-electron chi connectivity index (χ1n) is 7.68. The van der Waals surface area contributed by atoms with Gasteiger partial charge in [-0.3, -0.25) is 4.79 Å². The monoisotopic (exact) mass is 313 g/mol. The average Bonchev–Trinajstić information content (AvgIpc) is 2.98. The summed E-state index contributed by atoms with van der Waals surface area (Å²) in [6, 6.07) is 3.59. The lowest BCUT2D eigenvalue weighted by Crippen LogP contribution is -2.27. The maximum atomic E-state index is 11.5. The first kappa shape index (κ1) is 15.1. The molecule has 0 saturated carbocycles. The third-order valence-electron chi connectivity index (χ3n) is 3.59. The Labute approximate surface area is 134 Å². The second kappa shape index (κ2) is 7.48. The van der Waals surface area contributed by atoms with Crippen molar-refractivity contribution in [2.45, 2.75) is 19.3 Å². The van der Waals surface area contributed by atoms with Crippen LogP contribution in [0.15, 0.2) is 31.0 Å². The van der Waals surface area contributed by atoms with Crippen LogP contribution in [-0.2, 0) is 4.79 Å². The van der Waals surface area contributed by atoms with Crippen molar-refractivity contribution >= 4 is 23.4 Å². The fourth-order valence-electron chi connectivity index (χ4n) is 2.45. The largest absolute Gasteiger partial charge is 0.370 e. The molecule has 0 atom stereocenters. The molecule has 3 heterocycles. The first-order valence-corrected chi connectivity index (χ1v) is 7.68. The minimum Gasteiger partial charge on any atom is -0.370 e. The molecule has 1 amide bonds. The van der Waals surface area contributed by atoms with E-state index in [-0.39, 0.29) is 5.91 Å². The van der Waals surface area contributed by atoms with E-state index in [1.54, 1.807) is 12.3 Å². The van der Waals surface area contributed by atoms with Gasteiger partial charge in [-0.05, 0) is 18.9 Å². The summed E-state index contributed by atoms with van der Waals surface area (Å²) in [7, 11) is 0. The summed E-state index contributed by atoms with van der Waals surface area (Å²) in [5, 5.41) is 6.34.